The summed E-state index contributed by atoms with van der Waals surface area (Å²) in [5.74, 6) is -0.0653. The maximum atomic E-state index is 11.9. The number of methoxy groups -OCH3 is 1. The number of ether oxygens (including phenoxy) is 1. The zero-order valence-electron chi connectivity index (χ0n) is 9.39. The molecule has 0 spiro atoms. The summed E-state index contributed by atoms with van der Waals surface area (Å²) in [6, 6.07) is 3.55. The third kappa shape index (κ3) is 2.39. The van der Waals surface area contributed by atoms with Crippen LogP contribution in [0.4, 0.5) is 5.95 Å². The smallest absolute Gasteiger partial charge is 0.336 e. The molecule has 88 valence electrons. The summed E-state index contributed by atoms with van der Waals surface area (Å²) >= 11 is 0. The van der Waals surface area contributed by atoms with Gasteiger partial charge in [-0.05, 0) is 19.1 Å². The van der Waals surface area contributed by atoms with Gasteiger partial charge in [-0.3, -0.25) is 15.1 Å². The summed E-state index contributed by atoms with van der Waals surface area (Å²) in [6.45, 7) is 1.76. The van der Waals surface area contributed by atoms with Crippen LogP contribution in [0.5, 0.6) is 6.01 Å². The van der Waals surface area contributed by atoms with E-state index in [0.29, 0.717) is 11.3 Å². The van der Waals surface area contributed by atoms with Crippen LogP contribution in [0.2, 0.25) is 0 Å². The highest BCUT2D eigenvalue weighted by Gasteiger charge is 2.11. The van der Waals surface area contributed by atoms with Gasteiger partial charge in [-0.15, -0.1) is 5.10 Å². The molecule has 7 nitrogen and oxygen atoms in total. The molecular formula is C10H11N5O2. The van der Waals surface area contributed by atoms with Crippen LogP contribution < -0.4 is 10.1 Å². The van der Waals surface area contributed by atoms with Gasteiger partial charge in [-0.2, -0.15) is 4.98 Å². The van der Waals surface area contributed by atoms with Crippen molar-refractivity contribution in [3.63, 3.8) is 0 Å². The van der Waals surface area contributed by atoms with Crippen LogP contribution in [-0.2, 0) is 0 Å². The number of carbonyl (C=O) groups is 1. The molecule has 0 aromatic carbocycles. The summed E-state index contributed by atoms with van der Waals surface area (Å²) < 4.78 is 4.79. The first-order chi connectivity index (χ1) is 8.20. The molecule has 0 atom stereocenters. The molecule has 0 saturated carbocycles. The SMILES string of the molecule is COc1n[nH]c(NC(=O)c2cccnc2C)n1. The number of rotatable bonds is 3. The van der Waals surface area contributed by atoms with Crippen molar-refractivity contribution >= 4 is 11.9 Å². The minimum Gasteiger partial charge on any atom is -0.466 e. The third-order valence-corrected chi connectivity index (χ3v) is 2.13. The zero-order chi connectivity index (χ0) is 12.3. The van der Waals surface area contributed by atoms with Crippen LogP contribution in [0.15, 0.2) is 18.3 Å². The summed E-state index contributed by atoms with van der Waals surface area (Å²) in [6.07, 6.45) is 1.63. The average Bonchev–Trinajstić information content (AvgIpc) is 2.77. The number of carbonyl (C=O) groups excluding carboxylic acids is 1. The number of aryl methyl sites for hydroxylation is 1. The van der Waals surface area contributed by atoms with E-state index in [-0.39, 0.29) is 17.9 Å². The number of amides is 1. The lowest BCUT2D eigenvalue weighted by Gasteiger charge is -2.03. The fourth-order valence-electron chi connectivity index (χ4n) is 1.29. The molecule has 2 aromatic heterocycles. The standard InChI is InChI=1S/C10H11N5O2/c1-6-7(4-3-5-11-6)8(16)12-9-13-10(17-2)15-14-9/h3-5H,1-2H3,(H2,12,13,14,15,16). The van der Waals surface area contributed by atoms with E-state index < -0.39 is 0 Å². The van der Waals surface area contributed by atoms with E-state index in [1.807, 2.05) is 0 Å². The monoisotopic (exact) mass is 233 g/mol. The molecule has 7 heteroatoms. The first-order valence-electron chi connectivity index (χ1n) is 4.90. The Morgan fingerprint density at radius 3 is 3.00 bits per heavy atom. The van der Waals surface area contributed by atoms with Crippen molar-refractivity contribution in [3.05, 3.63) is 29.6 Å². The highest BCUT2D eigenvalue weighted by Crippen LogP contribution is 2.09. The quantitative estimate of drug-likeness (QED) is 0.816. The van der Waals surface area contributed by atoms with Gasteiger partial charge in [-0.1, -0.05) is 0 Å². The lowest BCUT2D eigenvalue weighted by atomic mass is 10.2. The molecule has 17 heavy (non-hydrogen) atoms. The Morgan fingerprint density at radius 2 is 2.35 bits per heavy atom. The number of nitrogens with zero attached hydrogens (tertiary/aromatic N) is 3. The Hall–Kier alpha value is -2.44. The molecule has 0 unspecified atom stereocenters. The van der Waals surface area contributed by atoms with Gasteiger partial charge in [0.25, 0.3) is 5.91 Å². The van der Waals surface area contributed by atoms with Crippen molar-refractivity contribution in [1.29, 1.82) is 0 Å². The van der Waals surface area contributed by atoms with Crippen LogP contribution >= 0.6 is 0 Å². The van der Waals surface area contributed by atoms with Gasteiger partial charge >= 0.3 is 6.01 Å². The Bertz CT molecular complexity index is 537. The van der Waals surface area contributed by atoms with Crippen LogP contribution in [0, 0.1) is 6.92 Å². The molecule has 2 rings (SSSR count). The fraction of sp³-hybridized carbons (Fsp3) is 0.200. The molecule has 2 aromatic rings. The minimum absolute atomic E-state index is 0.170. The van der Waals surface area contributed by atoms with Crippen molar-refractivity contribution in [2.45, 2.75) is 6.92 Å². The van der Waals surface area contributed by atoms with E-state index in [4.69, 9.17) is 4.74 Å². The molecule has 0 radical (unpaired) electrons. The average molecular weight is 233 g/mol. The number of aromatic amines is 1. The summed E-state index contributed by atoms with van der Waals surface area (Å²) in [5, 5.41) is 8.82. The molecule has 0 bridgehead atoms. The Morgan fingerprint density at radius 1 is 1.53 bits per heavy atom. The normalized spacial score (nSPS) is 10.0. The maximum absolute atomic E-state index is 11.9. The van der Waals surface area contributed by atoms with Crippen molar-refractivity contribution in [2.75, 3.05) is 12.4 Å². The number of anilines is 1. The molecule has 0 aliphatic carbocycles. The van der Waals surface area contributed by atoms with Gasteiger partial charge in [-0.25, -0.2) is 5.10 Å². The second-order valence-electron chi connectivity index (χ2n) is 3.26. The first kappa shape index (κ1) is 11.1. The summed E-state index contributed by atoms with van der Waals surface area (Å²) in [4.78, 5) is 19.8. The number of aromatic nitrogens is 4. The lowest BCUT2D eigenvalue weighted by molar-refractivity contribution is 0.102. The van der Waals surface area contributed by atoms with Crippen molar-refractivity contribution in [2.24, 2.45) is 0 Å². The summed E-state index contributed by atoms with van der Waals surface area (Å²) in [7, 11) is 1.44. The molecule has 2 N–H and O–H groups in total. The predicted molar refractivity (Wildman–Crippen MR) is 59.9 cm³/mol. The van der Waals surface area contributed by atoms with E-state index >= 15 is 0 Å². The van der Waals surface area contributed by atoms with Crippen LogP contribution in [0.3, 0.4) is 0 Å². The fourth-order valence-corrected chi connectivity index (χ4v) is 1.29. The molecule has 0 aliphatic heterocycles. The van der Waals surface area contributed by atoms with Gasteiger partial charge in [0, 0.05) is 11.9 Å². The van der Waals surface area contributed by atoms with Gasteiger partial charge in [0.05, 0.1) is 12.7 Å². The molecule has 1 amide bonds. The van der Waals surface area contributed by atoms with Crippen LogP contribution in [0.1, 0.15) is 16.1 Å². The Balaban J connectivity index is 2.14. The van der Waals surface area contributed by atoms with Gasteiger partial charge < -0.3 is 4.74 Å². The molecule has 0 aliphatic rings. The number of pyridine rings is 1. The number of H-pyrrole nitrogens is 1. The highest BCUT2D eigenvalue weighted by atomic mass is 16.5. The van der Waals surface area contributed by atoms with Crippen molar-refractivity contribution < 1.29 is 9.53 Å². The van der Waals surface area contributed by atoms with Crippen LogP contribution in [0.25, 0.3) is 0 Å². The van der Waals surface area contributed by atoms with Gasteiger partial charge in [0.15, 0.2) is 0 Å². The molecular weight excluding hydrogens is 222 g/mol. The van der Waals surface area contributed by atoms with Gasteiger partial charge in [0.2, 0.25) is 5.95 Å². The van der Waals surface area contributed by atoms with Crippen molar-refractivity contribution in [1.82, 2.24) is 20.2 Å². The minimum atomic E-state index is -0.297. The molecule has 2 heterocycles. The summed E-state index contributed by atoms with van der Waals surface area (Å²) in [5.41, 5.74) is 1.14. The van der Waals surface area contributed by atoms with E-state index in [1.54, 1.807) is 25.3 Å². The Labute approximate surface area is 97.2 Å². The topological polar surface area (TPSA) is 92.8 Å². The van der Waals surface area contributed by atoms with E-state index in [0.717, 1.165) is 0 Å². The maximum Gasteiger partial charge on any atom is 0.336 e. The van der Waals surface area contributed by atoms with Crippen LogP contribution in [-0.4, -0.2) is 33.2 Å². The molecule has 0 saturated heterocycles. The van der Waals surface area contributed by atoms with Gasteiger partial charge in [0.1, 0.15) is 0 Å². The number of hydrogen-bond acceptors (Lipinski definition) is 5. The van der Waals surface area contributed by atoms with Crippen molar-refractivity contribution in [3.8, 4) is 6.01 Å². The second-order valence-corrected chi connectivity index (χ2v) is 3.26. The zero-order valence-corrected chi connectivity index (χ0v) is 9.39. The highest BCUT2D eigenvalue weighted by molar-refractivity contribution is 6.04. The largest absolute Gasteiger partial charge is 0.466 e. The third-order valence-electron chi connectivity index (χ3n) is 2.13. The Kier molecular flexibility index (Phi) is 2.99. The van der Waals surface area contributed by atoms with E-state index in [1.165, 1.54) is 7.11 Å². The van der Waals surface area contributed by atoms with E-state index in [9.17, 15) is 4.79 Å². The first-order valence-corrected chi connectivity index (χ1v) is 4.90. The molecule has 0 fully saturated rings. The predicted octanol–water partition coefficient (Wildman–Crippen LogP) is 0.769. The number of hydrogen-bond donors (Lipinski definition) is 2. The second kappa shape index (κ2) is 4.60. The number of nitrogens with one attached hydrogen (secondary N) is 2. The van der Waals surface area contributed by atoms with E-state index in [2.05, 4.69) is 25.5 Å². The lowest BCUT2D eigenvalue weighted by Crippen LogP contribution is -2.14.